The van der Waals surface area contributed by atoms with Crippen LogP contribution in [0.1, 0.15) is 18.4 Å². The Morgan fingerprint density at radius 1 is 1.33 bits per heavy atom. The van der Waals surface area contributed by atoms with E-state index in [1.165, 1.54) is 11.8 Å². The number of benzene rings is 1. The van der Waals surface area contributed by atoms with Crippen molar-refractivity contribution in [2.24, 2.45) is 0 Å². The molecule has 9 heteroatoms. The topological polar surface area (TPSA) is 116 Å². The molecule has 0 aromatic heterocycles. The number of likely N-dealkylation sites (tertiary alicyclic amines) is 1. The summed E-state index contributed by atoms with van der Waals surface area (Å²) in [5, 5.41) is 21.6. The van der Waals surface area contributed by atoms with E-state index in [4.69, 9.17) is 4.74 Å². The molecule has 0 bridgehead atoms. The zero-order valence-electron chi connectivity index (χ0n) is 15.0. The molecule has 1 aromatic carbocycles. The van der Waals surface area contributed by atoms with Gasteiger partial charge in [-0.3, -0.25) is 4.79 Å². The van der Waals surface area contributed by atoms with E-state index in [1.807, 2.05) is 36.6 Å². The molecule has 3 atom stereocenters. The van der Waals surface area contributed by atoms with E-state index < -0.39 is 36.2 Å². The first-order chi connectivity index (χ1) is 12.9. The summed E-state index contributed by atoms with van der Waals surface area (Å²) in [6, 6.07) is 7.13. The molecule has 8 nitrogen and oxygen atoms in total. The van der Waals surface area contributed by atoms with E-state index in [-0.39, 0.29) is 19.6 Å². The van der Waals surface area contributed by atoms with Crippen molar-refractivity contribution in [3.8, 4) is 0 Å². The predicted octanol–water partition coefficient (Wildman–Crippen LogP) is 1.08. The van der Waals surface area contributed by atoms with Crippen LogP contribution in [-0.2, 0) is 20.9 Å². The van der Waals surface area contributed by atoms with Crippen molar-refractivity contribution in [3.05, 3.63) is 35.9 Å². The number of alkyl carbamates (subject to hydrolysis) is 1. The molecule has 0 aliphatic carbocycles. The third-order valence-corrected chi connectivity index (χ3v) is 4.90. The van der Waals surface area contributed by atoms with Crippen LogP contribution < -0.4 is 5.32 Å². The summed E-state index contributed by atoms with van der Waals surface area (Å²) in [5.41, 5.74) is 0.813. The van der Waals surface area contributed by atoms with Gasteiger partial charge >= 0.3 is 12.1 Å². The lowest BCUT2D eigenvalue weighted by atomic mass is 10.1. The molecule has 2 rings (SSSR count). The van der Waals surface area contributed by atoms with Crippen molar-refractivity contribution in [1.82, 2.24) is 10.2 Å². The maximum atomic E-state index is 12.8. The normalized spacial score (nSPS) is 20.1. The Balaban J connectivity index is 1.99. The number of ether oxygens (including phenoxy) is 1. The fraction of sp³-hybridized carbons (Fsp3) is 0.500. The van der Waals surface area contributed by atoms with Crippen molar-refractivity contribution in [1.29, 1.82) is 0 Å². The lowest BCUT2D eigenvalue weighted by Crippen LogP contribution is -2.52. The average molecular weight is 396 g/mol. The Morgan fingerprint density at radius 2 is 2.04 bits per heavy atom. The van der Waals surface area contributed by atoms with Crippen molar-refractivity contribution in [3.63, 3.8) is 0 Å². The van der Waals surface area contributed by atoms with E-state index >= 15 is 0 Å². The highest BCUT2D eigenvalue weighted by Crippen LogP contribution is 2.20. The van der Waals surface area contributed by atoms with Crippen LogP contribution in [0.25, 0.3) is 0 Å². The van der Waals surface area contributed by atoms with Gasteiger partial charge in [0.1, 0.15) is 18.7 Å². The second-order valence-electron chi connectivity index (χ2n) is 6.27. The van der Waals surface area contributed by atoms with Crippen LogP contribution in [0.4, 0.5) is 4.79 Å². The smallest absolute Gasteiger partial charge is 0.408 e. The number of nitrogens with zero attached hydrogens (tertiary/aromatic N) is 1. The first kappa shape index (κ1) is 21.0. The lowest BCUT2D eigenvalue weighted by Gasteiger charge is -2.27. The minimum absolute atomic E-state index is 0.0191. The number of carboxylic acids is 1. The van der Waals surface area contributed by atoms with Gasteiger partial charge in [-0.15, -0.1) is 0 Å². The molecule has 1 aromatic rings. The summed E-state index contributed by atoms with van der Waals surface area (Å²) in [6.45, 7) is 0.00258. The van der Waals surface area contributed by atoms with Gasteiger partial charge in [0, 0.05) is 13.0 Å². The zero-order chi connectivity index (χ0) is 19.8. The van der Waals surface area contributed by atoms with Crippen LogP contribution in [0.3, 0.4) is 0 Å². The first-order valence-electron chi connectivity index (χ1n) is 8.60. The maximum Gasteiger partial charge on any atom is 0.408 e. The Kier molecular flexibility index (Phi) is 7.93. The molecule has 2 amide bonds. The van der Waals surface area contributed by atoms with Crippen molar-refractivity contribution in [2.75, 3.05) is 18.6 Å². The molecule has 1 aliphatic rings. The van der Waals surface area contributed by atoms with Gasteiger partial charge in [0.2, 0.25) is 5.91 Å². The molecular weight excluding hydrogens is 372 g/mol. The zero-order valence-corrected chi connectivity index (χ0v) is 15.9. The van der Waals surface area contributed by atoms with Gasteiger partial charge < -0.3 is 25.2 Å². The van der Waals surface area contributed by atoms with Crippen LogP contribution >= 0.6 is 11.8 Å². The number of hydrogen-bond donors (Lipinski definition) is 3. The van der Waals surface area contributed by atoms with E-state index in [1.54, 1.807) is 0 Å². The third kappa shape index (κ3) is 6.14. The minimum Gasteiger partial charge on any atom is -0.480 e. The molecular formula is C18H24N2O6S. The molecule has 0 spiro atoms. The van der Waals surface area contributed by atoms with Gasteiger partial charge in [-0.2, -0.15) is 11.8 Å². The number of hydrogen-bond acceptors (Lipinski definition) is 6. The summed E-state index contributed by atoms with van der Waals surface area (Å²) in [5.74, 6) is -1.09. The quantitative estimate of drug-likeness (QED) is 0.602. The summed E-state index contributed by atoms with van der Waals surface area (Å²) < 4.78 is 5.15. The molecule has 1 fully saturated rings. The van der Waals surface area contributed by atoms with Gasteiger partial charge in [-0.05, 0) is 24.0 Å². The fourth-order valence-corrected chi connectivity index (χ4v) is 3.36. The summed E-state index contributed by atoms with van der Waals surface area (Å²) in [6.07, 6.45) is 0.550. The number of β-amino-alcohol motifs (C(OH)–C–C–N with tert-alkyl or cyclic N) is 1. The minimum atomic E-state index is -1.17. The number of aliphatic hydroxyl groups is 1. The van der Waals surface area contributed by atoms with Gasteiger partial charge in [-0.1, -0.05) is 30.3 Å². The monoisotopic (exact) mass is 396 g/mol. The molecule has 3 N–H and O–H groups in total. The first-order valence-corrected chi connectivity index (χ1v) is 9.99. The van der Waals surface area contributed by atoms with E-state index in [9.17, 15) is 24.6 Å². The van der Waals surface area contributed by atoms with Crippen LogP contribution in [0.5, 0.6) is 0 Å². The summed E-state index contributed by atoms with van der Waals surface area (Å²) >= 11 is 1.51. The molecule has 27 heavy (non-hydrogen) atoms. The number of rotatable bonds is 8. The molecule has 0 radical (unpaired) electrons. The highest BCUT2D eigenvalue weighted by atomic mass is 32.2. The Hall–Kier alpha value is -2.26. The van der Waals surface area contributed by atoms with Crippen LogP contribution in [0.2, 0.25) is 0 Å². The number of thioether (sulfide) groups is 1. The molecule has 2 unspecified atom stereocenters. The summed E-state index contributed by atoms with van der Waals surface area (Å²) in [7, 11) is 0. The maximum absolute atomic E-state index is 12.8. The van der Waals surface area contributed by atoms with Crippen molar-refractivity contribution >= 4 is 29.7 Å². The van der Waals surface area contributed by atoms with Gasteiger partial charge in [0.05, 0.1) is 6.10 Å². The highest BCUT2D eigenvalue weighted by Gasteiger charge is 2.41. The SMILES string of the molecule is CSCC[C@H](NC(=O)OCc1ccccc1)C(=O)N1CC(O)CC1C(=O)O. The molecule has 1 saturated heterocycles. The largest absolute Gasteiger partial charge is 0.480 e. The predicted molar refractivity (Wildman–Crippen MR) is 100 cm³/mol. The molecule has 1 heterocycles. The molecule has 148 valence electrons. The number of nitrogens with one attached hydrogen (secondary N) is 1. The standard InChI is InChI=1S/C18H24N2O6S/c1-27-8-7-14(16(22)20-10-13(21)9-15(20)17(23)24)19-18(25)26-11-12-5-3-2-4-6-12/h2-6,13-15,21H,7-11H2,1H3,(H,19,25)(H,23,24)/t13?,14-,15?/m0/s1. The van der Waals surface area contributed by atoms with Gasteiger partial charge in [-0.25, -0.2) is 9.59 Å². The Labute approximate surface area is 161 Å². The van der Waals surface area contributed by atoms with E-state index in [0.29, 0.717) is 12.2 Å². The van der Waals surface area contributed by atoms with Gasteiger partial charge in [0.25, 0.3) is 0 Å². The van der Waals surface area contributed by atoms with Crippen molar-refractivity contribution < 1.29 is 29.3 Å². The van der Waals surface area contributed by atoms with E-state index in [2.05, 4.69) is 5.32 Å². The number of amides is 2. The number of aliphatic carboxylic acids is 1. The summed E-state index contributed by atoms with van der Waals surface area (Å²) in [4.78, 5) is 37.4. The Morgan fingerprint density at radius 3 is 2.67 bits per heavy atom. The second-order valence-corrected chi connectivity index (χ2v) is 7.26. The van der Waals surface area contributed by atoms with Crippen LogP contribution in [0.15, 0.2) is 30.3 Å². The number of carbonyl (C=O) groups is 3. The third-order valence-electron chi connectivity index (χ3n) is 4.26. The number of carboxylic acid groups (broad SMARTS) is 1. The van der Waals surface area contributed by atoms with E-state index in [0.717, 1.165) is 10.5 Å². The van der Waals surface area contributed by atoms with Crippen LogP contribution in [0, 0.1) is 0 Å². The second kappa shape index (κ2) is 10.2. The lowest BCUT2D eigenvalue weighted by molar-refractivity contribution is -0.149. The number of aliphatic hydroxyl groups excluding tert-OH is 1. The molecule has 1 aliphatic heterocycles. The Bertz CT molecular complexity index is 657. The highest BCUT2D eigenvalue weighted by molar-refractivity contribution is 7.98. The fourth-order valence-electron chi connectivity index (χ4n) is 2.89. The number of carbonyl (C=O) groups excluding carboxylic acids is 2. The average Bonchev–Trinajstić information content (AvgIpc) is 3.06. The van der Waals surface area contributed by atoms with Crippen molar-refractivity contribution in [2.45, 2.75) is 37.6 Å². The molecule has 0 saturated carbocycles. The van der Waals surface area contributed by atoms with Gasteiger partial charge in [0.15, 0.2) is 0 Å². The van der Waals surface area contributed by atoms with Crippen LogP contribution in [-0.4, -0.2) is 69.8 Å².